The number of aromatic hydroxyl groups is 1. The largest absolute Gasteiger partial charge is 0.506 e. The predicted molar refractivity (Wildman–Crippen MR) is 94.8 cm³/mol. The highest BCUT2D eigenvalue weighted by molar-refractivity contribution is 7.91. The maximum Gasteiger partial charge on any atom is 0.178 e. The van der Waals surface area contributed by atoms with E-state index in [-0.39, 0.29) is 22.1 Å². The number of sulfone groups is 1. The van der Waals surface area contributed by atoms with Gasteiger partial charge in [0.15, 0.2) is 9.84 Å². The zero-order valence-corrected chi connectivity index (χ0v) is 13.9. The number of nitrogens with zero attached hydrogens (tertiary/aromatic N) is 2. The van der Waals surface area contributed by atoms with Gasteiger partial charge in [0.05, 0.1) is 16.2 Å². The van der Waals surface area contributed by atoms with Crippen molar-refractivity contribution in [2.45, 2.75) is 11.8 Å². The van der Waals surface area contributed by atoms with E-state index in [9.17, 15) is 13.5 Å². The second-order valence-corrected chi connectivity index (χ2v) is 7.55. The van der Waals surface area contributed by atoms with Crippen molar-refractivity contribution in [3.05, 3.63) is 60.3 Å². The van der Waals surface area contributed by atoms with Crippen molar-refractivity contribution in [3.8, 4) is 5.75 Å². The minimum Gasteiger partial charge on any atom is -0.506 e. The first-order chi connectivity index (χ1) is 11.5. The van der Waals surface area contributed by atoms with E-state index in [1.165, 1.54) is 18.2 Å². The minimum atomic E-state index is -3.34. The lowest BCUT2D eigenvalue weighted by Gasteiger charge is -2.04. The summed E-state index contributed by atoms with van der Waals surface area (Å²) < 4.78 is 23.9. The Balaban J connectivity index is 1.97. The van der Waals surface area contributed by atoms with Crippen LogP contribution in [0.2, 0.25) is 0 Å². The van der Waals surface area contributed by atoms with Gasteiger partial charge in [-0.3, -0.25) is 9.98 Å². The summed E-state index contributed by atoms with van der Waals surface area (Å²) >= 11 is 0. The van der Waals surface area contributed by atoms with Crippen LogP contribution < -0.4 is 0 Å². The van der Waals surface area contributed by atoms with Crippen molar-refractivity contribution in [1.82, 2.24) is 4.98 Å². The summed E-state index contributed by atoms with van der Waals surface area (Å²) in [4.78, 5) is 8.63. The first-order valence-electron chi connectivity index (χ1n) is 7.44. The Morgan fingerprint density at radius 3 is 2.79 bits per heavy atom. The summed E-state index contributed by atoms with van der Waals surface area (Å²) in [6.07, 6.45) is 3.32. The molecule has 0 aliphatic rings. The number of pyridine rings is 1. The third-order valence-corrected chi connectivity index (χ3v) is 5.40. The quantitative estimate of drug-likeness (QED) is 0.737. The highest BCUT2D eigenvalue weighted by atomic mass is 32.2. The van der Waals surface area contributed by atoms with Gasteiger partial charge in [-0.15, -0.1) is 0 Å². The zero-order chi connectivity index (χ0) is 17.2. The molecule has 0 unspecified atom stereocenters. The molecule has 0 aliphatic heterocycles. The van der Waals surface area contributed by atoms with E-state index in [0.717, 1.165) is 16.5 Å². The molecule has 1 aromatic heterocycles. The average molecular weight is 340 g/mol. The molecule has 1 N–H and O–H groups in total. The highest BCUT2D eigenvalue weighted by Gasteiger charge is 2.13. The Bertz CT molecular complexity index is 1030. The molecule has 3 rings (SSSR count). The Morgan fingerprint density at radius 2 is 2.00 bits per heavy atom. The van der Waals surface area contributed by atoms with Crippen LogP contribution in [-0.4, -0.2) is 30.5 Å². The average Bonchev–Trinajstić information content (AvgIpc) is 2.60. The van der Waals surface area contributed by atoms with Gasteiger partial charge in [0.2, 0.25) is 0 Å². The Kier molecular flexibility index (Phi) is 4.31. The van der Waals surface area contributed by atoms with Crippen molar-refractivity contribution >= 4 is 32.6 Å². The van der Waals surface area contributed by atoms with Gasteiger partial charge in [0.25, 0.3) is 0 Å². The number of phenolic OH excluding ortho intramolecular Hbond substituents is 1. The molecular weight excluding hydrogens is 324 g/mol. The number of hydrogen-bond donors (Lipinski definition) is 1. The molecule has 5 nitrogen and oxygen atoms in total. The smallest absolute Gasteiger partial charge is 0.178 e. The third kappa shape index (κ3) is 3.28. The molecule has 0 saturated heterocycles. The van der Waals surface area contributed by atoms with Gasteiger partial charge >= 0.3 is 0 Å². The number of benzene rings is 2. The van der Waals surface area contributed by atoms with Crippen LogP contribution in [-0.2, 0) is 9.84 Å². The SMILES string of the molecule is CCS(=O)(=O)c1ccc(O)c(N=Cc2ccc3ncccc3c2)c1. The van der Waals surface area contributed by atoms with Crippen molar-refractivity contribution in [1.29, 1.82) is 0 Å². The normalized spacial score (nSPS) is 12.0. The molecule has 0 amide bonds. The van der Waals surface area contributed by atoms with Crippen LogP contribution in [0.15, 0.2) is 64.6 Å². The second kappa shape index (κ2) is 6.41. The van der Waals surface area contributed by atoms with E-state index in [2.05, 4.69) is 9.98 Å². The zero-order valence-electron chi connectivity index (χ0n) is 13.0. The monoisotopic (exact) mass is 340 g/mol. The molecule has 0 radical (unpaired) electrons. The lowest BCUT2D eigenvalue weighted by atomic mass is 10.1. The van der Waals surface area contributed by atoms with Gasteiger partial charge in [-0.2, -0.15) is 0 Å². The van der Waals surface area contributed by atoms with Gasteiger partial charge in [-0.05, 0) is 42.0 Å². The number of aromatic nitrogens is 1. The van der Waals surface area contributed by atoms with Crippen molar-refractivity contribution in [3.63, 3.8) is 0 Å². The van der Waals surface area contributed by atoms with E-state index < -0.39 is 9.84 Å². The van der Waals surface area contributed by atoms with Crippen LogP contribution >= 0.6 is 0 Å². The van der Waals surface area contributed by atoms with Gasteiger partial charge in [-0.1, -0.05) is 19.1 Å². The molecular formula is C18H16N2O3S. The van der Waals surface area contributed by atoms with Gasteiger partial charge < -0.3 is 5.11 Å². The first kappa shape index (κ1) is 16.1. The minimum absolute atomic E-state index is 0.00138. The highest BCUT2D eigenvalue weighted by Crippen LogP contribution is 2.29. The van der Waals surface area contributed by atoms with E-state index >= 15 is 0 Å². The molecule has 0 aliphatic carbocycles. The maximum absolute atomic E-state index is 11.9. The van der Waals surface area contributed by atoms with Crippen molar-refractivity contribution < 1.29 is 13.5 Å². The summed E-state index contributed by atoms with van der Waals surface area (Å²) in [6, 6.07) is 13.6. The molecule has 0 spiro atoms. The fourth-order valence-corrected chi connectivity index (χ4v) is 3.19. The number of hydrogen-bond acceptors (Lipinski definition) is 5. The van der Waals surface area contributed by atoms with E-state index in [1.807, 2.05) is 30.3 Å². The molecule has 24 heavy (non-hydrogen) atoms. The summed E-state index contributed by atoms with van der Waals surface area (Å²) in [5.74, 6) is -0.0673. The number of phenols is 1. The standard InChI is InChI=1S/C18H16N2O3S/c1-2-24(22,23)15-6-8-18(21)17(11-15)20-12-13-5-7-16-14(10-13)4-3-9-19-16/h3-12,21H,2H2,1H3. The van der Waals surface area contributed by atoms with E-state index in [0.29, 0.717) is 0 Å². The predicted octanol–water partition coefficient (Wildman–Crippen LogP) is 3.48. The fourth-order valence-electron chi connectivity index (χ4n) is 2.29. The van der Waals surface area contributed by atoms with E-state index in [4.69, 9.17) is 0 Å². The number of fused-ring (bicyclic) bond motifs is 1. The van der Waals surface area contributed by atoms with Crippen molar-refractivity contribution in [2.24, 2.45) is 4.99 Å². The van der Waals surface area contributed by atoms with Crippen LogP contribution in [0.5, 0.6) is 5.75 Å². The van der Waals surface area contributed by atoms with Crippen LogP contribution in [0, 0.1) is 0 Å². The summed E-state index contributed by atoms with van der Waals surface area (Å²) in [5.41, 5.74) is 1.93. The van der Waals surface area contributed by atoms with E-state index in [1.54, 1.807) is 19.3 Å². The van der Waals surface area contributed by atoms with Crippen LogP contribution in [0.25, 0.3) is 10.9 Å². The first-order valence-corrected chi connectivity index (χ1v) is 9.09. The fraction of sp³-hybridized carbons (Fsp3) is 0.111. The summed E-state index contributed by atoms with van der Waals surface area (Å²) in [6.45, 7) is 1.58. The third-order valence-electron chi connectivity index (χ3n) is 3.67. The topological polar surface area (TPSA) is 79.6 Å². The van der Waals surface area contributed by atoms with Crippen LogP contribution in [0.4, 0.5) is 5.69 Å². The maximum atomic E-state index is 11.9. The molecule has 0 fully saturated rings. The van der Waals surface area contributed by atoms with Crippen molar-refractivity contribution in [2.75, 3.05) is 5.75 Å². The van der Waals surface area contributed by atoms with Gasteiger partial charge in [-0.25, -0.2) is 8.42 Å². The van der Waals surface area contributed by atoms with Gasteiger partial charge in [0.1, 0.15) is 11.4 Å². The number of rotatable bonds is 4. The van der Waals surface area contributed by atoms with Gasteiger partial charge in [0, 0.05) is 17.8 Å². The molecule has 1 heterocycles. The molecule has 6 heteroatoms. The Hall–Kier alpha value is -2.73. The lowest BCUT2D eigenvalue weighted by Crippen LogP contribution is -2.03. The van der Waals surface area contributed by atoms with Crippen LogP contribution in [0.3, 0.4) is 0 Å². The summed E-state index contributed by atoms with van der Waals surface area (Å²) in [5, 5.41) is 10.9. The lowest BCUT2D eigenvalue weighted by molar-refractivity contribution is 0.476. The Labute approximate surface area is 140 Å². The molecule has 2 aromatic carbocycles. The second-order valence-electron chi connectivity index (χ2n) is 5.27. The molecule has 0 saturated carbocycles. The molecule has 0 atom stereocenters. The molecule has 122 valence electrons. The van der Waals surface area contributed by atoms with Crippen LogP contribution in [0.1, 0.15) is 12.5 Å². The summed E-state index contributed by atoms with van der Waals surface area (Å²) in [7, 11) is -3.34. The number of aliphatic imine (C=N–C) groups is 1. The Morgan fingerprint density at radius 1 is 1.17 bits per heavy atom. The molecule has 0 bridgehead atoms. The molecule has 3 aromatic rings.